The SMILES string of the molecule is CS(=O)(=O)c1ccc(C(=O)C2CC2)cc1. The number of benzene rings is 1. The highest BCUT2D eigenvalue weighted by atomic mass is 32.2. The second-order valence-electron chi connectivity index (χ2n) is 3.94. The van der Waals surface area contributed by atoms with Gasteiger partial charge in [-0.15, -0.1) is 0 Å². The van der Waals surface area contributed by atoms with E-state index >= 15 is 0 Å². The molecule has 0 spiro atoms. The minimum atomic E-state index is -3.16. The van der Waals surface area contributed by atoms with Gasteiger partial charge in [0.15, 0.2) is 15.6 Å². The van der Waals surface area contributed by atoms with Gasteiger partial charge in [0, 0.05) is 17.7 Å². The van der Waals surface area contributed by atoms with Gasteiger partial charge in [-0.25, -0.2) is 8.42 Å². The summed E-state index contributed by atoms with van der Waals surface area (Å²) in [6, 6.07) is 6.17. The van der Waals surface area contributed by atoms with Crippen molar-refractivity contribution in [2.24, 2.45) is 5.92 Å². The Morgan fingerprint density at radius 2 is 1.73 bits per heavy atom. The molecule has 0 unspecified atom stereocenters. The smallest absolute Gasteiger partial charge is 0.175 e. The predicted octanol–water partition coefficient (Wildman–Crippen LogP) is 1.68. The molecule has 1 aliphatic carbocycles. The molecule has 0 bridgehead atoms. The highest BCUT2D eigenvalue weighted by Gasteiger charge is 2.30. The maximum absolute atomic E-state index is 11.6. The Balaban J connectivity index is 2.27. The van der Waals surface area contributed by atoms with E-state index in [1.807, 2.05) is 0 Å². The summed E-state index contributed by atoms with van der Waals surface area (Å²) in [5.74, 6) is 0.309. The van der Waals surface area contributed by atoms with Gasteiger partial charge in [0.2, 0.25) is 0 Å². The van der Waals surface area contributed by atoms with Crippen LogP contribution in [0.2, 0.25) is 0 Å². The van der Waals surface area contributed by atoms with Crippen LogP contribution in [0.25, 0.3) is 0 Å². The molecule has 0 aliphatic heterocycles. The Kier molecular flexibility index (Phi) is 2.38. The van der Waals surface area contributed by atoms with Crippen LogP contribution in [0.4, 0.5) is 0 Å². The topological polar surface area (TPSA) is 51.2 Å². The van der Waals surface area contributed by atoms with Crippen LogP contribution in [0.15, 0.2) is 29.2 Å². The number of hydrogen-bond acceptors (Lipinski definition) is 3. The van der Waals surface area contributed by atoms with Gasteiger partial charge in [0.25, 0.3) is 0 Å². The second kappa shape index (κ2) is 3.45. The molecule has 1 saturated carbocycles. The van der Waals surface area contributed by atoms with Crippen molar-refractivity contribution in [1.82, 2.24) is 0 Å². The van der Waals surface area contributed by atoms with Crippen LogP contribution in [-0.4, -0.2) is 20.5 Å². The lowest BCUT2D eigenvalue weighted by atomic mass is 10.1. The van der Waals surface area contributed by atoms with Crippen LogP contribution >= 0.6 is 0 Å². The van der Waals surface area contributed by atoms with Crippen LogP contribution in [0.3, 0.4) is 0 Å². The molecule has 1 fully saturated rings. The number of ketones is 1. The van der Waals surface area contributed by atoms with Crippen molar-refractivity contribution in [1.29, 1.82) is 0 Å². The molecule has 15 heavy (non-hydrogen) atoms. The van der Waals surface area contributed by atoms with Crippen LogP contribution in [0.1, 0.15) is 23.2 Å². The molecule has 0 atom stereocenters. The van der Waals surface area contributed by atoms with Crippen LogP contribution in [0.5, 0.6) is 0 Å². The summed E-state index contributed by atoms with van der Waals surface area (Å²) in [7, 11) is -3.16. The summed E-state index contributed by atoms with van der Waals surface area (Å²) < 4.78 is 22.4. The average Bonchev–Trinajstić information content (AvgIpc) is 2.99. The number of rotatable bonds is 3. The predicted molar refractivity (Wildman–Crippen MR) is 56.6 cm³/mol. The number of hydrogen-bond donors (Lipinski definition) is 0. The van der Waals surface area contributed by atoms with Crippen molar-refractivity contribution in [3.8, 4) is 0 Å². The summed E-state index contributed by atoms with van der Waals surface area (Å²) in [5.41, 5.74) is 0.616. The monoisotopic (exact) mass is 224 g/mol. The van der Waals surface area contributed by atoms with Gasteiger partial charge >= 0.3 is 0 Å². The first-order chi connectivity index (χ1) is 6.98. The molecule has 0 radical (unpaired) electrons. The summed E-state index contributed by atoms with van der Waals surface area (Å²) >= 11 is 0. The number of sulfone groups is 1. The van der Waals surface area contributed by atoms with Crippen molar-refractivity contribution in [2.45, 2.75) is 17.7 Å². The number of carbonyl (C=O) groups is 1. The maximum Gasteiger partial charge on any atom is 0.175 e. The molecule has 0 aromatic heterocycles. The second-order valence-corrected chi connectivity index (χ2v) is 5.95. The first-order valence-corrected chi connectivity index (χ1v) is 6.72. The van der Waals surface area contributed by atoms with Crippen molar-refractivity contribution in [3.05, 3.63) is 29.8 Å². The van der Waals surface area contributed by atoms with E-state index in [9.17, 15) is 13.2 Å². The highest BCUT2D eigenvalue weighted by Crippen LogP contribution is 2.32. The quantitative estimate of drug-likeness (QED) is 0.734. The van der Waals surface area contributed by atoms with Crippen LogP contribution in [0, 0.1) is 5.92 Å². The largest absolute Gasteiger partial charge is 0.294 e. The first kappa shape index (κ1) is 10.4. The van der Waals surface area contributed by atoms with Crippen LogP contribution < -0.4 is 0 Å². The van der Waals surface area contributed by atoms with Gasteiger partial charge in [-0.2, -0.15) is 0 Å². The number of carbonyl (C=O) groups excluding carboxylic acids is 1. The molecule has 0 N–H and O–H groups in total. The summed E-state index contributed by atoms with van der Waals surface area (Å²) in [6.07, 6.45) is 3.09. The van der Waals surface area contributed by atoms with Crippen molar-refractivity contribution >= 4 is 15.6 Å². The first-order valence-electron chi connectivity index (χ1n) is 4.83. The Bertz CT molecular complexity index is 481. The molecule has 2 rings (SSSR count). The Morgan fingerprint density at radius 1 is 1.20 bits per heavy atom. The normalized spacial score (nSPS) is 16.3. The fourth-order valence-corrected chi connectivity index (χ4v) is 2.08. The molecule has 0 heterocycles. The fourth-order valence-electron chi connectivity index (χ4n) is 1.45. The Morgan fingerprint density at radius 3 is 2.13 bits per heavy atom. The molecule has 0 amide bonds. The van der Waals surface area contributed by atoms with E-state index in [0.29, 0.717) is 5.56 Å². The van der Waals surface area contributed by atoms with E-state index in [1.54, 1.807) is 12.1 Å². The van der Waals surface area contributed by atoms with E-state index in [2.05, 4.69) is 0 Å². The van der Waals surface area contributed by atoms with E-state index in [0.717, 1.165) is 19.1 Å². The fraction of sp³-hybridized carbons (Fsp3) is 0.364. The van der Waals surface area contributed by atoms with Crippen LogP contribution in [-0.2, 0) is 9.84 Å². The minimum absolute atomic E-state index is 0.134. The lowest BCUT2D eigenvalue weighted by Gasteiger charge is -2.00. The maximum atomic E-state index is 11.6. The number of Topliss-reactive ketones (excluding diaryl/α,β-unsaturated/α-hetero) is 1. The molecular weight excluding hydrogens is 212 g/mol. The zero-order valence-electron chi connectivity index (χ0n) is 8.43. The van der Waals surface area contributed by atoms with Gasteiger partial charge in [-0.05, 0) is 25.0 Å². The van der Waals surface area contributed by atoms with E-state index < -0.39 is 9.84 Å². The molecule has 1 aliphatic rings. The Hall–Kier alpha value is -1.16. The average molecular weight is 224 g/mol. The van der Waals surface area contributed by atoms with Crippen molar-refractivity contribution < 1.29 is 13.2 Å². The van der Waals surface area contributed by atoms with Gasteiger partial charge in [-0.1, -0.05) is 12.1 Å². The van der Waals surface area contributed by atoms with E-state index in [4.69, 9.17) is 0 Å². The van der Waals surface area contributed by atoms with Gasteiger partial charge in [0.05, 0.1) is 4.90 Å². The molecule has 4 heteroatoms. The third kappa shape index (κ3) is 2.26. The molecule has 0 saturated heterocycles. The van der Waals surface area contributed by atoms with Gasteiger partial charge in [0.1, 0.15) is 0 Å². The molecule has 3 nitrogen and oxygen atoms in total. The Labute approximate surface area is 89.0 Å². The van der Waals surface area contributed by atoms with Gasteiger partial charge in [-0.3, -0.25) is 4.79 Å². The zero-order chi connectivity index (χ0) is 11.1. The minimum Gasteiger partial charge on any atom is -0.294 e. The summed E-state index contributed by atoms with van der Waals surface area (Å²) in [6.45, 7) is 0. The third-order valence-corrected chi connectivity index (χ3v) is 3.64. The summed E-state index contributed by atoms with van der Waals surface area (Å²) in [5, 5.41) is 0. The third-order valence-electron chi connectivity index (χ3n) is 2.52. The van der Waals surface area contributed by atoms with E-state index in [-0.39, 0.29) is 16.6 Å². The lowest BCUT2D eigenvalue weighted by molar-refractivity contribution is 0.0967. The van der Waals surface area contributed by atoms with Crippen molar-refractivity contribution in [3.63, 3.8) is 0 Å². The molecule has 1 aromatic carbocycles. The lowest BCUT2D eigenvalue weighted by Crippen LogP contribution is -2.02. The van der Waals surface area contributed by atoms with Gasteiger partial charge < -0.3 is 0 Å². The highest BCUT2D eigenvalue weighted by molar-refractivity contribution is 7.90. The molecular formula is C11H12O3S. The standard InChI is InChI=1S/C11H12O3S/c1-15(13,14)10-6-4-9(5-7-10)11(12)8-2-3-8/h4-8H,2-3H2,1H3. The summed E-state index contributed by atoms with van der Waals surface area (Å²) in [4.78, 5) is 11.9. The molecule has 1 aromatic rings. The van der Waals surface area contributed by atoms with Crippen molar-refractivity contribution in [2.75, 3.05) is 6.26 Å². The zero-order valence-corrected chi connectivity index (χ0v) is 9.25. The van der Waals surface area contributed by atoms with E-state index in [1.165, 1.54) is 12.1 Å². The molecule has 80 valence electrons.